The van der Waals surface area contributed by atoms with Crippen LogP contribution < -0.4 is 5.73 Å². The first-order chi connectivity index (χ1) is 4.75. The van der Waals surface area contributed by atoms with E-state index in [1.807, 2.05) is 0 Å². The van der Waals surface area contributed by atoms with Gasteiger partial charge in [0.15, 0.2) is 0 Å². The van der Waals surface area contributed by atoms with E-state index in [2.05, 4.69) is 5.73 Å². The van der Waals surface area contributed by atoms with E-state index in [-0.39, 0.29) is 0 Å². The van der Waals surface area contributed by atoms with E-state index in [0.717, 1.165) is 0 Å². The molecule has 0 saturated heterocycles. The third-order valence-electron chi connectivity index (χ3n) is 1.11. The largest absolute Gasteiger partial charge is 0.428 e. The lowest BCUT2D eigenvalue weighted by molar-refractivity contribution is -0.259. The molecule has 0 fully saturated rings. The summed E-state index contributed by atoms with van der Waals surface area (Å²) in [6, 6.07) is 0. The van der Waals surface area contributed by atoms with E-state index in [0.29, 0.717) is 0 Å². The Labute approximate surface area is 59.4 Å². The van der Waals surface area contributed by atoms with Gasteiger partial charge in [-0.3, -0.25) is 4.79 Å². The highest BCUT2D eigenvalue weighted by molar-refractivity contribution is 5.84. The van der Waals surface area contributed by atoms with E-state index in [4.69, 9.17) is 10.2 Å². The van der Waals surface area contributed by atoms with Gasteiger partial charge in [0.05, 0.1) is 6.61 Å². The zero-order valence-electron chi connectivity index (χ0n) is 5.22. The van der Waals surface area contributed by atoms with Crippen LogP contribution in [-0.2, 0) is 4.79 Å². The van der Waals surface area contributed by atoms with Crippen LogP contribution in [0.3, 0.4) is 0 Å². The summed E-state index contributed by atoms with van der Waals surface area (Å²) in [5.74, 6) is -2.02. The molecule has 11 heavy (non-hydrogen) atoms. The second kappa shape index (κ2) is 2.67. The number of hydrogen-bond acceptors (Lipinski definition) is 3. The Morgan fingerprint density at radius 1 is 1.45 bits per heavy atom. The molecule has 0 aromatic rings. The number of primary amides is 1. The predicted octanol–water partition coefficient (Wildman–Crippen LogP) is -1.24. The van der Waals surface area contributed by atoms with Crippen molar-refractivity contribution in [3.63, 3.8) is 0 Å². The van der Waals surface area contributed by atoms with Gasteiger partial charge < -0.3 is 15.9 Å². The van der Waals surface area contributed by atoms with Gasteiger partial charge in [0.1, 0.15) is 0 Å². The minimum atomic E-state index is -5.24. The van der Waals surface area contributed by atoms with Crippen LogP contribution in [0, 0.1) is 0 Å². The van der Waals surface area contributed by atoms with Crippen molar-refractivity contribution in [3.8, 4) is 0 Å². The van der Waals surface area contributed by atoms with Crippen LogP contribution in [0.25, 0.3) is 0 Å². The fourth-order valence-electron chi connectivity index (χ4n) is 0.307. The number of aliphatic hydroxyl groups is 2. The first-order valence-electron chi connectivity index (χ1n) is 2.45. The van der Waals surface area contributed by atoms with Crippen molar-refractivity contribution in [2.45, 2.75) is 11.8 Å². The molecule has 0 radical (unpaired) electrons. The average Bonchev–Trinajstić information content (AvgIpc) is 1.83. The highest BCUT2D eigenvalue weighted by Crippen LogP contribution is 2.29. The van der Waals surface area contributed by atoms with E-state index in [1.54, 1.807) is 0 Å². The molecule has 0 aromatic carbocycles. The Balaban J connectivity index is 4.75. The van der Waals surface area contributed by atoms with Crippen molar-refractivity contribution in [1.82, 2.24) is 0 Å². The summed E-state index contributed by atoms with van der Waals surface area (Å²) in [7, 11) is 0. The molecule has 1 unspecified atom stereocenters. The number of alkyl halides is 3. The topological polar surface area (TPSA) is 83.6 Å². The number of nitrogens with two attached hydrogens (primary N) is 1. The van der Waals surface area contributed by atoms with Gasteiger partial charge in [-0.05, 0) is 0 Å². The molecule has 0 bridgehead atoms. The van der Waals surface area contributed by atoms with E-state index >= 15 is 0 Å². The van der Waals surface area contributed by atoms with Crippen LogP contribution in [0.1, 0.15) is 0 Å². The summed E-state index contributed by atoms with van der Waals surface area (Å²) in [4.78, 5) is 9.99. The SMILES string of the molecule is NC(=O)C(O)(CO)C(F)(F)F. The van der Waals surface area contributed by atoms with Crippen molar-refractivity contribution in [1.29, 1.82) is 0 Å². The molecule has 4 nitrogen and oxygen atoms in total. The van der Waals surface area contributed by atoms with Crippen LogP contribution in [-0.4, -0.2) is 34.5 Å². The third kappa shape index (κ3) is 1.60. The van der Waals surface area contributed by atoms with Crippen LogP contribution in [0.5, 0.6) is 0 Å². The van der Waals surface area contributed by atoms with Crippen LogP contribution >= 0.6 is 0 Å². The summed E-state index contributed by atoms with van der Waals surface area (Å²) in [5.41, 5.74) is 0.372. The molecule has 66 valence electrons. The van der Waals surface area contributed by atoms with Crippen LogP contribution in [0.15, 0.2) is 0 Å². The Kier molecular flexibility index (Phi) is 2.47. The molecule has 7 heteroatoms. The number of amides is 1. The molecule has 0 heterocycles. The van der Waals surface area contributed by atoms with Gasteiger partial charge in [-0.1, -0.05) is 0 Å². The van der Waals surface area contributed by atoms with Crippen molar-refractivity contribution in [3.05, 3.63) is 0 Å². The highest BCUT2D eigenvalue weighted by Gasteiger charge is 2.58. The van der Waals surface area contributed by atoms with Gasteiger partial charge in [0.2, 0.25) is 0 Å². The van der Waals surface area contributed by atoms with Crippen molar-refractivity contribution in [2.75, 3.05) is 6.61 Å². The number of halogens is 3. The fraction of sp³-hybridized carbons (Fsp3) is 0.750. The Bertz CT molecular complexity index is 168. The highest BCUT2D eigenvalue weighted by atomic mass is 19.4. The van der Waals surface area contributed by atoms with Crippen LogP contribution in [0.4, 0.5) is 13.2 Å². The molecule has 1 amide bonds. The lowest BCUT2D eigenvalue weighted by Crippen LogP contribution is -2.58. The van der Waals surface area contributed by atoms with Gasteiger partial charge in [-0.15, -0.1) is 0 Å². The zero-order chi connectivity index (χ0) is 9.28. The summed E-state index contributed by atoms with van der Waals surface area (Å²) in [6.45, 7) is -1.77. The Morgan fingerprint density at radius 2 is 1.82 bits per heavy atom. The van der Waals surface area contributed by atoms with Gasteiger partial charge in [0.25, 0.3) is 11.5 Å². The normalized spacial score (nSPS) is 17.5. The number of hydrogen-bond donors (Lipinski definition) is 3. The fourth-order valence-corrected chi connectivity index (χ4v) is 0.307. The van der Waals surface area contributed by atoms with E-state index < -0.39 is 24.3 Å². The third-order valence-corrected chi connectivity index (χ3v) is 1.11. The van der Waals surface area contributed by atoms with Gasteiger partial charge >= 0.3 is 6.18 Å². The molecule has 0 saturated carbocycles. The molecule has 1 atom stereocenters. The van der Waals surface area contributed by atoms with Crippen molar-refractivity contribution < 1.29 is 28.2 Å². The molecule has 0 spiro atoms. The lowest BCUT2D eigenvalue weighted by Gasteiger charge is -2.24. The molecule has 0 aromatic heterocycles. The maximum absolute atomic E-state index is 11.6. The number of carbonyl (C=O) groups is 1. The summed E-state index contributed by atoms with van der Waals surface area (Å²) >= 11 is 0. The van der Waals surface area contributed by atoms with E-state index in [9.17, 15) is 18.0 Å². The predicted molar refractivity (Wildman–Crippen MR) is 27.3 cm³/mol. The zero-order valence-corrected chi connectivity index (χ0v) is 5.22. The first kappa shape index (κ1) is 10.2. The molecule has 0 aliphatic heterocycles. The molecule has 0 aliphatic rings. The van der Waals surface area contributed by atoms with Crippen molar-refractivity contribution in [2.24, 2.45) is 5.73 Å². The molecule has 0 aliphatic carbocycles. The van der Waals surface area contributed by atoms with Gasteiger partial charge in [-0.2, -0.15) is 13.2 Å². The minimum Gasteiger partial charge on any atom is -0.392 e. The lowest BCUT2D eigenvalue weighted by atomic mass is 10.1. The molecule has 4 N–H and O–H groups in total. The summed E-state index contributed by atoms with van der Waals surface area (Å²) < 4.78 is 34.9. The number of rotatable bonds is 2. The number of aliphatic hydroxyl groups excluding tert-OH is 1. The van der Waals surface area contributed by atoms with Crippen LogP contribution in [0.2, 0.25) is 0 Å². The number of carbonyl (C=O) groups excluding carboxylic acids is 1. The Morgan fingerprint density at radius 3 is 1.82 bits per heavy atom. The average molecular weight is 173 g/mol. The Hall–Kier alpha value is -0.820. The van der Waals surface area contributed by atoms with Gasteiger partial charge in [0, 0.05) is 0 Å². The maximum atomic E-state index is 11.6. The van der Waals surface area contributed by atoms with Crippen molar-refractivity contribution >= 4 is 5.91 Å². The molecular weight excluding hydrogens is 167 g/mol. The van der Waals surface area contributed by atoms with E-state index in [1.165, 1.54) is 0 Å². The second-order valence-corrected chi connectivity index (χ2v) is 1.88. The molecule has 0 rings (SSSR count). The minimum absolute atomic E-state index is 1.77. The summed E-state index contributed by atoms with van der Waals surface area (Å²) in [5, 5.41) is 16.4. The standard InChI is InChI=1S/C4H6F3NO3/c5-4(6,7)3(11,1-9)2(8)10/h9,11H,1H2,(H2,8,10). The smallest absolute Gasteiger partial charge is 0.392 e. The first-order valence-corrected chi connectivity index (χ1v) is 2.45. The quantitative estimate of drug-likeness (QED) is 0.488. The summed E-state index contributed by atoms with van der Waals surface area (Å²) in [6.07, 6.45) is -5.24. The van der Waals surface area contributed by atoms with Gasteiger partial charge in [-0.25, -0.2) is 0 Å². The second-order valence-electron chi connectivity index (χ2n) is 1.88. The monoisotopic (exact) mass is 173 g/mol. The molecular formula is C4H6F3NO3. The maximum Gasteiger partial charge on any atom is 0.428 e.